The molecule has 0 atom stereocenters. The van der Waals surface area contributed by atoms with Crippen LogP contribution in [0.1, 0.15) is 27.7 Å². The first kappa shape index (κ1) is 16.6. The lowest BCUT2D eigenvalue weighted by atomic mass is 10.2. The van der Waals surface area contributed by atoms with Crippen LogP contribution >= 0.6 is 0 Å². The summed E-state index contributed by atoms with van der Waals surface area (Å²) in [4.78, 5) is 9.07. The molecule has 0 spiro atoms. The van der Waals surface area contributed by atoms with Crippen LogP contribution in [0.5, 0.6) is 0 Å². The van der Waals surface area contributed by atoms with Gasteiger partial charge in [0.2, 0.25) is 0 Å². The number of allylic oxidation sites excluding steroid dienone is 2. The monoisotopic (exact) mass is 320 g/mol. The van der Waals surface area contributed by atoms with E-state index in [4.69, 9.17) is 0 Å². The Bertz CT molecular complexity index is 602. The Morgan fingerprint density at radius 2 is 1.14 bits per heavy atom. The maximum absolute atomic E-state index is 4.54. The number of aromatic nitrogens is 2. The van der Waals surface area contributed by atoms with Crippen LogP contribution in [0.4, 0.5) is 0 Å². The minimum atomic E-state index is 0.684. The summed E-state index contributed by atoms with van der Waals surface area (Å²) in [6.07, 6.45) is 3.90. The van der Waals surface area contributed by atoms with Gasteiger partial charge in [0.25, 0.3) is 0 Å². The number of rotatable bonds is 5. The summed E-state index contributed by atoms with van der Waals surface area (Å²) in [6, 6.07) is 8.39. The minimum Gasteiger partial charge on any atom is -0.255 e. The van der Waals surface area contributed by atoms with Gasteiger partial charge in [-0.15, -0.1) is 0 Å². The Morgan fingerprint density at radius 3 is 1.41 bits per heavy atom. The Morgan fingerprint density at radius 1 is 0.727 bits per heavy atom. The molecule has 110 valence electrons. The second-order valence-electron chi connectivity index (χ2n) is 5.60. The van der Waals surface area contributed by atoms with Gasteiger partial charge in [-0.25, -0.2) is 0 Å². The molecule has 0 amide bonds. The Balaban J connectivity index is 2.08. The predicted molar refractivity (Wildman–Crippen MR) is 97.1 cm³/mol. The summed E-state index contributed by atoms with van der Waals surface area (Å²) >= 11 is 0. The molecule has 0 aliphatic rings. The highest BCUT2D eigenvalue weighted by Gasteiger charge is 2.02. The normalized spacial score (nSPS) is 10.2. The molecule has 4 radical (unpaired) electrons. The molecule has 0 bridgehead atoms. The van der Waals surface area contributed by atoms with Crippen molar-refractivity contribution in [3.05, 3.63) is 59.2 Å². The molecule has 22 heavy (non-hydrogen) atoms. The molecule has 2 nitrogen and oxygen atoms in total. The average Bonchev–Trinajstić information content (AvgIpc) is 2.52. The minimum absolute atomic E-state index is 0.684. The smallest absolute Gasteiger partial charge is 0.113 e. The van der Waals surface area contributed by atoms with Gasteiger partial charge in [0.05, 0.1) is 11.4 Å². The Hall–Kier alpha value is -1.79. The van der Waals surface area contributed by atoms with Crippen LogP contribution in [0.2, 0.25) is 0 Å². The Labute approximate surface area is 138 Å². The van der Waals surface area contributed by atoms with Crippen molar-refractivity contribution >= 4 is 29.4 Å². The Kier molecular flexibility index (Phi) is 6.04. The van der Waals surface area contributed by atoms with Crippen LogP contribution in [0.3, 0.4) is 0 Å². The molecule has 0 aromatic carbocycles. The zero-order chi connectivity index (χ0) is 15.9. The van der Waals surface area contributed by atoms with Crippen LogP contribution in [0, 0.1) is 0 Å². The first-order valence-electron chi connectivity index (χ1n) is 7.27. The zero-order valence-corrected chi connectivity index (χ0v) is 15.5. The molecule has 0 saturated heterocycles. The second-order valence-corrected chi connectivity index (χ2v) is 7.91. The summed E-state index contributed by atoms with van der Waals surface area (Å²) < 4.78 is 0. The van der Waals surface area contributed by atoms with Gasteiger partial charge in [0.15, 0.2) is 0 Å². The SMILES string of the molecule is CC(C)=C[Si]c1ccc(-c2ccc([Si]C=C(C)C)cn2)nc1. The fourth-order valence-corrected chi connectivity index (χ4v) is 3.26. The van der Waals surface area contributed by atoms with Crippen molar-refractivity contribution in [1.29, 1.82) is 0 Å². The van der Waals surface area contributed by atoms with Crippen molar-refractivity contribution in [3.63, 3.8) is 0 Å². The maximum Gasteiger partial charge on any atom is 0.113 e. The van der Waals surface area contributed by atoms with Gasteiger partial charge >= 0.3 is 0 Å². The summed E-state index contributed by atoms with van der Waals surface area (Å²) in [5.74, 6) is 0. The van der Waals surface area contributed by atoms with E-state index >= 15 is 0 Å². The third-order valence-corrected chi connectivity index (χ3v) is 5.55. The predicted octanol–water partition coefficient (Wildman–Crippen LogP) is 2.65. The third kappa shape index (κ3) is 5.20. The lowest BCUT2D eigenvalue weighted by molar-refractivity contribution is 1.26. The van der Waals surface area contributed by atoms with Gasteiger partial charge in [-0.2, -0.15) is 0 Å². The fourth-order valence-electron chi connectivity index (χ4n) is 1.72. The van der Waals surface area contributed by atoms with E-state index in [0.717, 1.165) is 11.4 Å². The van der Waals surface area contributed by atoms with Gasteiger partial charge in [-0.05, 0) is 50.2 Å². The first-order chi connectivity index (χ1) is 10.5. The first-order valence-corrected chi connectivity index (χ1v) is 9.42. The lowest BCUT2D eigenvalue weighted by Gasteiger charge is -2.03. The summed E-state index contributed by atoms with van der Waals surface area (Å²) in [5, 5.41) is 2.51. The molecule has 2 aromatic rings. The molecule has 0 fully saturated rings. The standard InChI is InChI=1S/C18H20N2Si2/c1-13(2)11-21-15-5-7-17(19-9-15)18-8-6-16(10-20-18)22-12-14(3)4/h5-12H,1-4H3. The van der Waals surface area contributed by atoms with Crippen LogP contribution in [-0.4, -0.2) is 29.0 Å². The van der Waals surface area contributed by atoms with Crippen LogP contribution in [0.15, 0.2) is 59.2 Å². The van der Waals surface area contributed by atoms with Crippen molar-refractivity contribution in [3.8, 4) is 11.4 Å². The lowest BCUT2D eigenvalue weighted by Crippen LogP contribution is -2.14. The number of hydrogen-bond donors (Lipinski definition) is 0. The molecule has 2 rings (SSSR count). The molecule has 0 unspecified atom stereocenters. The van der Waals surface area contributed by atoms with Crippen LogP contribution in [0.25, 0.3) is 11.4 Å². The molecular formula is C18H20N2Si2. The van der Waals surface area contributed by atoms with E-state index in [9.17, 15) is 0 Å². The average molecular weight is 321 g/mol. The molecule has 0 aliphatic carbocycles. The molecule has 2 heterocycles. The molecule has 0 saturated carbocycles. The highest BCUT2D eigenvalue weighted by molar-refractivity contribution is 6.59. The van der Waals surface area contributed by atoms with Gasteiger partial charge < -0.3 is 0 Å². The van der Waals surface area contributed by atoms with E-state index in [1.54, 1.807) is 0 Å². The molecule has 2 aromatic heterocycles. The van der Waals surface area contributed by atoms with E-state index in [0.29, 0.717) is 19.0 Å². The number of nitrogens with zero attached hydrogens (tertiary/aromatic N) is 2. The van der Waals surface area contributed by atoms with Crippen LogP contribution in [-0.2, 0) is 0 Å². The van der Waals surface area contributed by atoms with Crippen molar-refractivity contribution < 1.29 is 0 Å². The molecule has 0 aliphatic heterocycles. The molecule has 0 N–H and O–H groups in total. The highest BCUT2D eigenvalue weighted by Crippen LogP contribution is 2.10. The van der Waals surface area contributed by atoms with E-state index in [1.165, 1.54) is 21.5 Å². The van der Waals surface area contributed by atoms with Gasteiger partial charge in [-0.1, -0.05) is 34.7 Å². The highest BCUT2D eigenvalue weighted by atomic mass is 28.2. The quantitative estimate of drug-likeness (QED) is 0.792. The number of pyridine rings is 2. The van der Waals surface area contributed by atoms with E-state index in [2.05, 4.69) is 73.3 Å². The van der Waals surface area contributed by atoms with Crippen molar-refractivity contribution in [1.82, 2.24) is 9.97 Å². The van der Waals surface area contributed by atoms with E-state index < -0.39 is 0 Å². The van der Waals surface area contributed by atoms with Crippen LogP contribution < -0.4 is 10.4 Å². The molecular weight excluding hydrogens is 300 g/mol. The van der Waals surface area contributed by atoms with E-state index in [-0.39, 0.29) is 0 Å². The second kappa shape index (κ2) is 8.01. The van der Waals surface area contributed by atoms with Crippen molar-refractivity contribution in [2.45, 2.75) is 27.7 Å². The third-order valence-electron chi connectivity index (χ3n) is 2.84. The molecule has 4 heteroatoms. The summed E-state index contributed by atoms with van der Waals surface area (Å²) in [5.41, 5.74) is 9.04. The van der Waals surface area contributed by atoms with Crippen molar-refractivity contribution in [2.75, 3.05) is 0 Å². The number of hydrogen-bond acceptors (Lipinski definition) is 2. The van der Waals surface area contributed by atoms with Gasteiger partial charge in [0.1, 0.15) is 19.0 Å². The topological polar surface area (TPSA) is 25.8 Å². The van der Waals surface area contributed by atoms with Crippen molar-refractivity contribution in [2.24, 2.45) is 0 Å². The zero-order valence-electron chi connectivity index (χ0n) is 13.5. The van der Waals surface area contributed by atoms with E-state index in [1.807, 2.05) is 12.4 Å². The maximum atomic E-state index is 4.54. The van der Waals surface area contributed by atoms with Gasteiger partial charge in [0, 0.05) is 12.4 Å². The van der Waals surface area contributed by atoms with Gasteiger partial charge in [-0.3, -0.25) is 9.97 Å². The summed E-state index contributed by atoms with van der Waals surface area (Å²) in [6.45, 7) is 8.48. The largest absolute Gasteiger partial charge is 0.255 e. The summed E-state index contributed by atoms with van der Waals surface area (Å²) in [7, 11) is 1.37. The fraction of sp³-hybridized carbons (Fsp3) is 0.222.